The maximum Gasteiger partial charge on any atom is 0.147 e. The van der Waals surface area contributed by atoms with E-state index < -0.39 is 5.60 Å². The van der Waals surface area contributed by atoms with Crippen LogP contribution in [0.2, 0.25) is 10.0 Å². The van der Waals surface area contributed by atoms with Crippen molar-refractivity contribution in [1.29, 1.82) is 0 Å². The minimum absolute atomic E-state index is 0.325. The van der Waals surface area contributed by atoms with Gasteiger partial charge in [0.2, 0.25) is 0 Å². The van der Waals surface area contributed by atoms with Crippen molar-refractivity contribution in [2.45, 2.75) is 18.9 Å². The number of halogens is 2. The molecule has 0 saturated carbocycles. The van der Waals surface area contributed by atoms with Crippen molar-refractivity contribution in [3.05, 3.63) is 16.1 Å². The molecule has 0 amide bonds. The molecule has 1 aliphatic rings. The molecule has 7 heteroatoms. The summed E-state index contributed by atoms with van der Waals surface area (Å²) in [4.78, 5) is 4.32. The van der Waals surface area contributed by atoms with E-state index in [-0.39, 0.29) is 0 Å². The van der Waals surface area contributed by atoms with Gasteiger partial charge >= 0.3 is 0 Å². The Morgan fingerprint density at radius 1 is 1.37 bits per heavy atom. The lowest BCUT2D eigenvalue weighted by Gasteiger charge is -2.21. The molecule has 5 nitrogen and oxygen atoms in total. The van der Waals surface area contributed by atoms with Crippen LogP contribution in [0, 0.1) is 0 Å². The summed E-state index contributed by atoms with van der Waals surface area (Å²) in [5.74, 6) is 1.08. The molecule has 1 aliphatic heterocycles. The fourth-order valence-electron chi connectivity index (χ4n) is 1.87. The van der Waals surface area contributed by atoms with E-state index in [1.807, 2.05) is 6.92 Å². The van der Waals surface area contributed by atoms with Gasteiger partial charge in [-0.2, -0.15) is 0 Å². The van der Waals surface area contributed by atoms with Crippen LogP contribution >= 0.6 is 23.2 Å². The van der Waals surface area contributed by atoms with Crippen LogP contribution in [-0.2, 0) is 4.74 Å². The second-order valence-electron chi connectivity index (χ2n) is 4.56. The lowest BCUT2D eigenvalue weighted by Crippen LogP contribution is -2.37. The van der Waals surface area contributed by atoms with E-state index in [0.29, 0.717) is 54.4 Å². The molecule has 0 aliphatic carbocycles. The summed E-state index contributed by atoms with van der Waals surface area (Å²) in [6, 6.07) is 1.63. The fourth-order valence-corrected chi connectivity index (χ4v) is 2.36. The van der Waals surface area contributed by atoms with Crippen molar-refractivity contribution in [1.82, 2.24) is 4.98 Å². The molecule has 0 aromatic carbocycles. The van der Waals surface area contributed by atoms with E-state index in [1.165, 1.54) is 0 Å². The second kappa shape index (κ2) is 6.13. The van der Waals surface area contributed by atoms with Crippen LogP contribution in [0.3, 0.4) is 0 Å². The Labute approximate surface area is 122 Å². The van der Waals surface area contributed by atoms with Gasteiger partial charge in [0, 0.05) is 26.1 Å². The third-order valence-electron chi connectivity index (χ3n) is 2.94. The fraction of sp³-hybridized carbons (Fsp3) is 0.583. The lowest BCUT2D eigenvalue weighted by molar-refractivity contribution is 0.0381. The Bertz CT molecular complexity index is 451. The highest BCUT2D eigenvalue weighted by Crippen LogP contribution is 2.30. The summed E-state index contributed by atoms with van der Waals surface area (Å²) in [7, 11) is 0. The normalized spacial score (nSPS) is 22.5. The summed E-state index contributed by atoms with van der Waals surface area (Å²) in [5, 5.41) is 17.2. The van der Waals surface area contributed by atoms with Crippen LogP contribution in [0.4, 0.5) is 11.6 Å². The van der Waals surface area contributed by atoms with Crippen LogP contribution in [0.1, 0.15) is 13.3 Å². The number of nitrogens with zero attached hydrogens (tertiary/aromatic N) is 1. The molecule has 0 radical (unpaired) electrons. The van der Waals surface area contributed by atoms with Gasteiger partial charge in [-0.25, -0.2) is 4.98 Å². The number of hydrogen-bond acceptors (Lipinski definition) is 5. The summed E-state index contributed by atoms with van der Waals surface area (Å²) >= 11 is 12.1. The first kappa shape index (κ1) is 14.7. The highest BCUT2D eigenvalue weighted by Gasteiger charge is 2.32. The van der Waals surface area contributed by atoms with E-state index in [1.54, 1.807) is 6.07 Å². The largest absolute Gasteiger partial charge is 0.386 e. The minimum atomic E-state index is -0.858. The van der Waals surface area contributed by atoms with Gasteiger partial charge in [0.25, 0.3) is 0 Å². The molecule has 19 heavy (non-hydrogen) atoms. The first-order valence-corrected chi connectivity index (χ1v) is 6.93. The van der Waals surface area contributed by atoms with Crippen LogP contribution in [-0.4, -0.2) is 42.0 Å². The van der Waals surface area contributed by atoms with Crippen molar-refractivity contribution < 1.29 is 9.84 Å². The third-order valence-corrected chi connectivity index (χ3v) is 3.52. The molecule has 1 fully saturated rings. The van der Waals surface area contributed by atoms with E-state index in [0.717, 1.165) is 0 Å². The Kier molecular flexibility index (Phi) is 4.73. The highest BCUT2D eigenvalue weighted by atomic mass is 35.5. The van der Waals surface area contributed by atoms with E-state index in [9.17, 15) is 5.11 Å². The predicted octanol–water partition coefficient (Wildman–Crippen LogP) is 2.38. The number of nitrogens with one attached hydrogen (secondary N) is 2. The smallest absolute Gasteiger partial charge is 0.147 e. The summed E-state index contributed by atoms with van der Waals surface area (Å²) in [6.45, 7) is 3.91. The van der Waals surface area contributed by atoms with Gasteiger partial charge in [-0.1, -0.05) is 23.2 Å². The summed E-state index contributed by atoms with van der Waals surface area (Å²) < 4.78 is 5.18. The zero-order valence-electron chi connectivity index (χ0n) is 10.7. The predicted molar refractivity (Wildman–Crippen MR) is 77.3 cm³/mol. The topological polar surface area (TPSA) is 66.4 Å². The maximum atomic E-state index is 10.2. The van der Waals surface area contributed by atoms with E-state index in [4.69, 9.17) is 27.9 Å². The molecule has 3 N–H and O–H groups in total. The average Bonchev–Trinajstić information content (AvgIpc) is 2.79. The van der Waals surface area contributed by atoms with Crippen LogP contribution in [0.25, 0.3) is 0 Å². The highest BCUT2D eigenvalue weighted by molar-refractivity contribution is 6.37. The van der Waals surface area contributed by atoms with Gasteiger partial charge in [-0.05, 0) is 13.0 Å². The molecule has 1 atom stereocenters. The maximum absolute atomic E-state index is 10.2. The van der Waals surface area contributed by atoms with Crippen molar-refractivity contribution in [2.24, 2.45) is 0 Å². The number of anilines is 2. The number of hydrogen-bond donors (Lipinski definition) is 3. The van der Waals surface area contributed by atoms with Gasteiger partial charge in [0.05, 0.1) is 16.7 Å². The first-order valence-electron chi connectivity index (χ1n) is 6.18. The van der Waals surface area contributed by atoms with E-state index >= 15 is 0 Å². The molecule has 106 valence electrons. The number of pyridine rings is 1. The first-order chi connectivity index (χ1) is 9.04. The van der Waals surface area contributed by atoms with Crippen molar-refractivity contribution in [3.63, 3.8) is 0 Å². The molecule has 1 aromatic rings. The number of aliphatic hydroxyl groups is 1. The van der Waals surface area contributed by atoms with Crippen molar-refractivity contribution in [2.75, 3.05) is 36.9 Å². The monoisotopic (exact) mass is 305 g/mol. The molecule has 0 bridgehead atoms. The molecule has 2 heterocycles. The molecule has 1 unspecified atom stereocenters. The van der Waals surface area contributed by atoms with Crippen LogP contribution in [0.15, 0.2) is 6.07 Å². The van der Waals surface area contributed by atoms with Crippen LogP contribution in [0.5, 0.6) is 0 Å². The molecule has 2 rings (SSSR count). The van der Waals surface area contributed by atoms with Crippen molar-refractivity contribution >= 4 is 34.8 Å². The Morgan fingerprint density at radius 2 is 2.05 bits per heavy atom. The summed E-state index contributed by atoms with van der Waals surface area (Å²) in [5.41, 5.74) is -0.858. The Morgan fingerprint density at radius 3 is 2.63 bits per heavy atom. The average molecular weight is 306 g/mol. The number of rotatable bonds is 5. The quantitative estimate of drug-likeness (QED) is 0.779. The second-order valence-corrected chi connectivity index (χ2v) is 5.37. The third kappa shape index (κ3) is 3.63. The SMILES string of the molecule is CCNc1nc(NCC2(O)CCOC2)c(Cl)cc1Cl. The Hall–Kier alpha value is -0.750. The molecular formula is C12H17Cl2N3O2. The standard InChI is InChI=1S/C12H17Cl2N3O2/c1-2-15-10-8(13)5-9(14)11(17-10)16-6-12(18)3-4-19-7-12/h5,18H,2-4,6-7H2,1H3,(H2,15,16,17). The summed E-state index contributed by atoms with van der Waals surface area (Å²) in [6.07, 6.45) is 0.602. The van der Waals surface area contributed by atoms with E-state index in [2.05, 4.69) is 15.6 Å². The zero-order valence-corrected chi connectivity index (χ0v) is 12.2. The van der Waals surface area contributed by atoms with Gasteiger partial charge < -0.3 is 20.5 Å². The van der Waals surface area contributed by atoms with Gasteiger partial charge in [0.15, 0.2) is 0 Å². The number of aromatic nitrogens is 1. The van der Waals surface area contributed by atoms with Crippen LogP contribution < -0.4 is 10.6 Å². The van der Waals surface area contributed by atoms with Crippen molar-refractivity contribution in [3.8, 4) is 0 Å². The molecule has 1 saturated heterocycles. The molecule has 0 spiro atoms. The lowest BCUT2D eigenvalue weighted by atomic mass is 10.0. The molecule has 1 aromatic heterocycles. The van der Waals surface area contributed by atoms with Gasteiger partial charge in [-0.3, -0.25) is 0 Å². The number of ether oxygens (including phenoxy) is 1. The zero-order chi connectivity index (χ0) is 13.9. The minimum Gasteiger partial charge on any atom is -0.386 e. The van der Waals surface area contributed by atoms with Gasteiger partial charge in [0.1, 0.15) is 17.2 Å². The molecular weight excluding hydrogens is 289 g/mol. The van der Waals surface area contributed by atoms with Gasteiger partial charge in [-0.15, -0.1) is 0 Å². The Balaban J connectivity index is 2.08.